The van der Waals surface area contributed by atoms with Crippen molar-refractivity contribution < 1.29 is 24.2 Å². The van der Waals surface area contributed by atoms with E-state index in [1.165, 1.54) is 4.90 Å². The molecule has 1 saturated heterocycles. The number of benzene rings is 1. The molecule has 32 heavy (non-hydrogen) atoms. The Morgan fingerprint density at radius 2 is 1.78 bits per heavy atom. The van der Waals surface area contributed by atoms with Gasteiger partial charge in [0.1, 0.15) is 0 Å². The predicted octanol–water partition coefficient (Wildman–Crippen LogP) is 3.86. The Morgan fingerprint density at radius 3 is 2.47 bits per heavy atom. The van der Waals surface area contributed by atoms with Crippen molar-refractivity contribution in [1.82, 2.24) is 4.90 Å². The van der Waals surface area contributed by atoms with Crippen molar-refractivity contribution in [2.75, 3.05) is 19.8 Å². The van der Waals surface area contributed by atoms with E-state index < -0.39 is 5.60 Å². The number of allylic oxidation sites excluding steroid dienone is 2. The minimum atomic E-state index is -0.818. The first-order chi connectivity index (χ1) is 15.5. The molecule has 1 aromatic carbocycles. The summed E-state index contributed by atoms with van der Waals surface area (Å²) in [6.45, 7) is 3.73. The molecule has 2 amide bonds. The molecular formula is C26H31NO5. The van der Waals surface area contributed by atoms with Crippen molar-refractivity contribution in [2.45, 2.75) is 57.3 Å². The van der Waals surface area contributed by atoms with Crippen molar-refractivity contribution in [3.05, 3.63) is 59.2 Å². The van der Waals surface area contributed by atoms with Crippen LogP contribution >= 0.6 is 0 Å². The molecule has 2 heterocycles. The molecule has 6 nitrogen and oxygen atoms in total. The molecule has 2 aliphatic heterocycles. The normalized spacial score (nSPS) is 34.1. The van der Waals surface area contributed by atoms with E-state index in [1.54, 1.807) is 24.3 Å². The second kappa shape index (κ2) is 8.25. The summed E-state index contributed by atoms with van der Waals surface area (Å²) in [6, 6.07) is 6.94. The Morgan fingerprint density at radius 1 is 1.09 bits per heavy atom. The highest BCUT2D eigenvalue weighted by Gasteiger charge is 2.61. The molecule has 2 aliphatic carbocycles. The molecule has 1 N–H and O–H groups in total. The zero-order valence-corrected chi connectivity index (χ0v) is 18.6. The van der Waals surface area contributed by atoms with Crippen molar-refractivity contribution in [3.8, 4) is 0 Å². The second-order valence-electron chi connectivity index (χ2n) is 9.59. The predicted molar refractivity (Wildman–Crippen MR) is 119 cm³/mol. The summed E-state index contributed by atoms with van der Waals surface area (Å²) in [4.78, 5) is 26.2. The number of hydrogen-bond donors (Lipinski definition) is 1. The number of imide groups is 1. The number of ether oxygens (including phenoxy) is 2. The Balaban J connectivity index is 1.24. The van der Waals surface area contributed by atoms with Crippen LogP contribution in [0.4, 0.5) is 0 Å². The van der Waals surface area contributed by atoms with Crippen LogP contribution in [0.2, 0.25) is 0 Å². The van der Waals surface area contributed by atoms with Gasteiger partial charge in [-0.3, -0.25) is 14.5 Å². The molecule has 5 rings (SSSR count). The number of fused-ring (bicyclic) bond motifs is 2. The number of hydrogen-bond acceptors (Lipinski definition) is 5. The first kappa shape index (κ1) is 21.6. The summed E-state index contributed by atoms with van der Waals surface area (Å²) in [5.74, 6) is -0.262. The molecule has 6 heteroatoms. The van der Waals surface area contributed by atoms with Crippen LogP contribution in [-0.4, -0.2) is 53.5 Å². The summed E-state index contributed by atoms with van der Waals surface area (Å²) < 4.78 is 11.6. The molecule has 3 fully saturated rings. The third kappa shape index (κ3) is 3.28. The average Bonchev–Trinajstić information content (AvgIpc) is 3.47. The minimum Gasteiger partial charge on any atom is -0.385 e. The van der Waals surface area contributed by atoms with Gasteiger partial charge >= 0.3 is 0 Å². The molecule has 3 atom stereocenters. The number of carbonyl (C=O) groups excluding carboxylic acids is 2. The molecular weight excluding hydrogens is 406 g/mol. The van der Waals surface area contributed by atoms with Gasteiger partial charge < -0.3 is 14.6 Å². The van der Waals surface area contributed by atoms with Gasteiger partial charge in [-0.2, -0.15) is 0 Å². The molecule has 0 bridgehead atoms. The quantitative estimate of drug-likeness (QED) is 0.559. The third-order valence-corrected chi connectivity index (χ3v) is 8.06. The van der Waals surface area contributed by atoms with E-state index in [0.717, 1.165) is 37.7 Å². The Hall–Kier alpha value is -2.28. The highest BCUT2D eigenvalue weighted by Crippen LogP contribution is 2.61. The van der Waals surface area contributed by atoms with Crippen LogP contribution in [0.1, 0.15) is 66.2 Å². The minimum absolute atomic E-state index is 0.201. The maximum absolute atomic E-state index is 12.5. The first-order valence-corrected chi connectivity index (χ1v) is 11.7. The van der Waals surface area contributed by atoms with E-state index >= 15 is 0 Å². The lowest BCUT2D eigenvalue weighted by atomic mass is 9.60. The van der Waals surface area contributed by atoms with Crippen molar-refractivity contribution in [3.63, 3.8) is 0 Å². The van der Waals surface area contributed by atoms with Gasteiger partial charge in [0.05, 0.1) is 29.9 Å². The summed E-state index contributed by atoms with van der Waals surface area (Å²) in [6.07, 6.45) is 11.0. The van der Waals surface area contributed by atoms with Gasteiger partial charge in [-0.15, -0.1) is 0 Å². The van der Waals surface area contributed by atoms with Crippen LogP contribution in [0.15, 0.2) is 48.1 Å². The number of nitrogens with zero attached hydrogens (tertiary/aromatic N) is 1. The van der Waals surface area contributed by atoms with Gasteiger partial charge in [-0.05, 0) is 56.2 Å². The van der Waals surface area contributed by atoms with Crippen molar-refractivity contribution >= 4 is 11.8 Å². The fraction of sp³-hybridized carbons (Fsp3) is 0.538. The fourth-order valence-corrected chi connectivity index (χ4v) is 6.26. The monoisotopic (exact) mass is 437 g/mol. The van der Waals surface area contributed by atoms with Gasteiger partial charge in [0, 0.05) is 17.9 Å². The Bertz CT molecular complexity index is 943. The zero-order valence-electron chi connectivity index (χ0n) is 18.6. The summed E-state index contributed by atoms with van der Waals surface area (Å²) >= 11 is 0. The average molecular weight is 438 g/mol. The van der Waals surface area contributed by atoms with E-state index in [-0.39, 0.29) is 36.0 Å². The highest BCUT2D eigenvalue weighted by atomic mass is 16.7. The standard InChI is InChI=1S/C26H31NO5/c1-25-13-7-9-18(26(25,30)14-12-21(25)24-31-16-17-32-24)8-3-2-6-15-27-22(28)19-10-4-5-11-20(19)23(27)29/h2,4-6,8,10-11,21,24,30H,3,7,9,12-17H2,1H3/b6-2+,18-8+/t21-,25-,26+/m1/s1. The smallest absolute Gasteiger partial charge is 0.261 e. The zero-order chi connectivity index (χ0) is 22.3. The molecule has 170 valence electrons. The second-order valence-corrected chi connectivity index (χ2v) is 9.59. The number of aliphatic hydroxyl groups is 1. The lowest BCUT2D eigenvalue weighted by Gasteiger charge is -2.49. The molecule has 0 unspecified atom stereocenters. The van der Waals surface area contributed by atoms with Gasteiger partial charge in [0.25, 0.3) is 11.8 Å². The van der Waals surface area contributed by atoms with Gasteiger partial charge in [-0.25, -0.2) is 0 Å². The maximum Gasteiger partial charge on any atom is 0.261 e. The van der Waals surface area contributed by atoms with Crippen LogP contribution in [0.25, 0.3) is 0 Å². The molecule has 0 radical (unpaired) electrons. The summed E-state index contributed by atoms with van der Waals surface area (Å²) in [7, 11) is 0. The van der Waals surface area contributed by atoms with Gasteiger partial charge in [0.15, 0.2) is 6.29 Å². The Labute approximate surface area is 188 Å². The topological polar surface area (TPSA) is 76.1 Å². The first-order valence-electron chi connectivity index (χ1n) is 11.7. The van der Waals surface area contributed by atoms with Crippen LogP contribution in [0.3, 0.4) is 0 Å². The number of carbonyl (C=O) groups is 2. The van der Waals surface area contributed by atoms with E-state index in [1.807, 2.05) is 12.2 Å². The van der Waals surface area contributed by atoms with Crippen LogP contribution in [-0.2, 0) is 9.47 Å². The number of amides is 2. The van der Waals surface area contributed by atoms with Crippen LogP contribution < -0.4 is 0 Å². The Kier molecular flexibility index (Phi) is 5.56. The molecule has 0 aromatic heterocycles. The van der Waals surface area contributed by atoms with Crippen LogP contribution in [0, 0.1) is 11.3 Å². The van der Waals surface area contributed by atoms with E-state index in [4.69, 9.17) is 9.47 Å². The molecule has 2 saturated carbocycles. The lowest BCUT2D eigenvalue weighted by Crippen LogP contribution is -2.51. The molecule has 0 spiro atoms. The number of rotatable bonds is 5. The lowest BCUT2D eigenvalue weighted by molar-refractivity contribution is -0.147. The molecule has 1 aromatic rings. The van der Waals surface area contributed by atoms with E-state index in [9.17, 15) is 14.7 Å². The largest absolute Gasteiger partial charge is 0.385 e. The third-order valence-electron chi connectivity index (χ3n) is 8.06. The van der Waals surface area contributed by atoms with Crippen molar-refractivity contribution in [2.24, 2.45) is 11.3 Å². The van der Waals surface area contributed by atoms with Crippen molar-refractivity contribution in [1.29, 1.82) is 0 Å². The highest BCUT2D eigenvalue weighted by molar-refractivity contribution is 6.21. The van der Waals surface area contributed by atoms with E-state index in [0.29, 0.717) is 30.8 Å². The molecule has 4 aliphatic rings. The SMILES string of the molecule is C[C@]12CCC/C(=C\C/C=C/CN3C(=O)c4ccccc4C3=O)[C@@]1(O)CC[C@@H]2C1OCCO1. The maximum atomic E-state index is 12.5. The summed E-state index contributed by atoms with van der Waals surface area (Å²) in [5.41, 5.74) is 1.00. The van der Waals surface area contributed by atoms with Gasteiger partial charge in [-0.1, -0.05) is 37.3 Å². The van der Waals surface area contributed by atoms with E-state index in [2.05, 4.69) is 13.0 Å². The fourth-order valence-electron chi connectivity index (χ4n) is 6.26. The van der Waals surface area contributed by atoms with Crippen LogP contribution in [0.5, 0.6) is 0 Å². The van der Waals surface area contributed by atoms with Gasteiger partial charge in [0.2, 0.25) is 0 Å². The summed E-state index contributed by atoms with van der Waals surface area (Å²) in [5, 5.41) is 11.8.